The van der Waals surface area contributed by atoms with Gasteiger partial charge in [0.15, 0.2) is 11.0 Å². The van der Waals surface area contributed by atoms with Gasteiger partial charge in [-0.3, -0.25) is 4.90 Å². The molecule has 0 saturated carbocycles. The number of rotatable bonds is 7. The summed E-state index contributed by atoms with van der Waals surface area (Å²) in [7, 11) is 0. The fourth-order valence-corrected chi connectivity index (χ4v) is 5.80. The molecule has 1 fully saturated rings. The molecule has 36 heavy (non-hydrogen) atoms. The molecule has 1 saturated heterocycles. The van der Waals surface area contributed by atoms with Crippen molar-refractivity contribution >= 4 is 26.7 Å². The lowest BCUT2D eigenvalue weighted by molar-refractivity contribution is 0.200. The number of halogens is 1. The molecular weight excluding hydrogens is 473 g/mol. The van der Waals surface area contributed by atoms with Gasteiger partial charge in [0.25, 0.3) is 0 Å². The van der Waals surface area contributed by atoms with Crippen LogP contribution in [0.15, 0.2) is 78.9 Å². The number of tetrazole rings is 1. The Morgan fingerprint density at radius 3 is 2.39 bits per heavy atom. The van der Waals surface area contributed by atoms with E-state index in [4.69, 9.17) is 4.98 Å². The summed E-state index contributed by atoms with van der Waals surface area (Å²) >= 11 is 1.73. The smallest absolute Gasteiger partial charge is 0.186 e. The predicted octanol–water partition coefficient (Wildman–Crippen LogP) is 4.58. The highest BCUT2D eigenvalue weighted by Gasteiger charge is 2.31. The molecule has 0 N–H and O–H groups in total. The van der Waals surface area contributed by atoms with Crippen LogP contribution in [0.25, 0.3) is 10.2 Å². The molecule has 3 heterocycles. The van der Waals surface area contributed by atoms with Gasteiger partial charge >= 0.3 is 0 Å². The van der Waals surface area contributed by atoms with Gasteiger partial charge in [0.1, 0.15) is 5.82 Å². The molecule has 182 valence electrons. The van der Waals surface area contributed by atoms with Crippen LogP contribution in [-0.4, -0.2) is 56.3 Å². The van der Waals surface area contributed by atoms with Crippen molar-refractivity contribution < 1.29 is 4.39 Å². The third kappa shape index (κ3) is 4.72. The van der Waals surface area contributed by atoms with Gasteiger partial charge in [-0.25, -0.2) is 14.1 Å². The SMILES string of the molecule is Fc1ccc([C@@H](c2nnnn2CCc2ccccc2)N2CCN(c3nc4ccccc4s3)CC2)cc1. The number of fused-ring (bicyclic) bond motifs is 1. The van der Waals surface area contributed by atoms with Crippen molar-refractivity contribution in [1.29, 1.82) is 0 Å². The minimum absolute atomic E-state index is 0.158. The van der Waals surface area contributed by atoms with Gasteiger partial charge in [0.05, 0.1) is 16.3 Å². The van der Waals surface area contributed by atoms with E-state index >= 15 is 0 Å². The number of hydrogen-bond acceptors (Lipinski definition) is 7. The molecule has 7 nitrogen and oxygen atoms in total. The highest BCUT2D eigenvalue weighted by atomic mass is 32.1. The monoisotopic (exact) mass is 499 g/mol. The Kier molecular flexibility index (Phi) is 6.40. The summed E-state index contributed by atoms with van der Waals surface area (Å²) < 4.78 is 16.9. The standard InChI is InChI=1S/C27H26FN7S/c28-22-12-10-21(11-13-22)25(26-30-31-32-35(26)15-14-20-6-2-1-3-7-20)33-16-18-34(19-17-33)27-29-23-8-4-5-9-24(23)36-27/h1-13,25H,14-19H2/t25-/m0/s1. The van der Waals surface area contributed by atoms with Crippen LogP contribution in [0.2, 0.25) is 0 Å². The van der Waals surface area contributed by atoms with Crippen molar-refractivity contribution in [2.24, 2.45) is 0 Å². The summed E-state index contributed by atoms with van der Waals surface area (Å²) in [5.41, 5.74) is 3.27. The number of aromatic nitrogens is 5. The van der Waals surface area contributed by atoms with E-state index in [2.05, 4.69) is 55.7 Å². The first kappa shape index (κ1) is 22.8. The molecule has 0 aliphatic carbocycles. The quantitative estimate of drug-likeness (QED) is 0.327. The Balaban J connectivity index is 1.24. The fraction of sp³-hybridized carbons (Fsp3) is 0.259. The first-order valence-electron chi connectivity index (χ1n) is 12.1. The van der Waals surface area contributed by atoms with Gasteiger partial charge < -0.3 is 4.90 Å². The topological polar surface area (TPSA) is 63.0 Å². The molecule has 1 atom stereocenters. The van der Waals surface area contributed by atoms with E-state index in [9.17, 15) is 4.39 Å². The molecule has 0 radical (unpaired) electrons. The lowest BCUT2D eigenvalue weighted by atomic mass is 10.0. The first-order chi connectivity index (χ1) is 17.7. The van der Waals surface area contributed by atoms with Crippen molar-refractivity contribution in [3.05, 3.63) is 102 Å². The molecule has 9 heteroatoms. The second-order valence-electron chi connectivity index (χ2n) is 8.94. The second-order valence-corrected chi connectivity index (χ2v) is 9.95. The molecule has 2 aromatic heterocycles. The molecule has 3 aromatic carbocycles. The molecule has 6 rings (SSSR count). The Hall–Kier alpha value is -3.69. The van der Waals surface area contributed by atoms with Crippen molar-refractivity contribution in [3.8, 4) is 0 Å². The molecule has 0 unspecified atom stereocenters. The van der Waals surface area contributed by atoms with Crippen LogP contribution in [0.1, 0.15) is 23.0 Å². The van der Waals surface area contributed by atoms with E-state index in [0.717, 1.165) is 54.6 Å². The number of aryl methyl sites for hydroxylation is 2. The maximum absolute atomic E-state index is 13.8. The first-order valence-corrected chi connectivity index (χ1v) is 13.0. The zero-order chi connectivity index (χ0) is 24.3. The fourth-order valence-electron chi connectivity index (χ4n) is 4.78. The lowest BCUT2D eigenvalue weighted by Gasteiger charge is -2.38. The number of hydrogen-bond donors (Lipinski definition) is 0. The molecule has 0 spiro atoms. The minimum atomic E-state index is -0.248. The van der Waals surface area contributed by atoms with Gasteiger partial charge in [0.2, 0.25) is 0 Å². The summed E-state index contributed by atoms with van der Waals surface area (Å²) in [6.07, 6.45) is 0.834. The van der Waals surface area contributed by atoms with Crippen LogP contribution in [0.5, 0.6) is 0 Å². The number of thiazole rings is 1. The zero-order valence-corrected chi connectivity index (χ0v) is 20.6. The van der Waals surface area contributed by atoms with Crippen molar-refractivity contribution in [3.63, 3.8) is 0 Å². The highest BCUT2D eigenvalue weighted by Crippen LogP contribution is 2.32. The lowest BCUT2D eigenvalue weighted by Crippen LogP contribution is -2.48. The zero-order valence-electron chi connectivity index (χ0n) is 19.7. The van der Waals surface area contributed by atoms with E-state index < -0.39 is 0 Å². The average molecular weight is 500 g/mol. The van der Waals surface area contributed by atoms with E-state index in [0.29, 0.717) is 6.54 Å². The number of para-hydroxylation sites is 1. The van der Waals surface area contributed by atoms with Crippen LogP contribution >= 0.6 is 11.3 Å². The number of nitrogens with zero attached hydrogens (tertiary/aromatic N) is 7. The normalized spacial score (nSPS) is 15.4. The van der Waals surface area contributed by atoms with Gasteiger partial charge in [-0.05, 0) is 52.2 Å². The largest absolute Gasteiger partial charge is 0.345 e. The van der Waals surface area contributed by atoms with Crippen LogP contribution in [0.4, 0.5) is 9.52 Å². The van der Waals surface area contributed by atoms with Crippen molar-refractivity contribution in [2.75, 3.05) is 31.1 Å². The van der Waals surface area contributed by atoms with E-state index in [1.807, 2.05) is 41.1 Å². The van der Waals surface area contributed by atoms with Crippen LogP contribution in [0.3, 0.4) is 0 Å². The molecule has 0 amide bonds. The number of anilines is 1. The summed E-state index contributed by atoms with van der Waals surface area (Å²) in [5.74, 6) is 0.535. The summed E-state index contributed by atoms with van der Waals surface area (Å²) in [6, 6.07) is 25.1. The second kappa shape index (κ2) is 10.1. The molecule has 0 bridgehead atoms. The molecular formula is C27H26FN7S. The van der Waals surface area contributed by atoms with E-state index in [-0.39, 0.29) is 11.9 Å². The van der Waals surface area contributed by atoms with Crippen molar-refractivity contribution in [2.45, 2.75) is 19.0 Å². The Morgan fingerprint density at radius 1 is 0.861 bits per heavy atom. The minimum Gasteiger partial charge on any atom is -0.345 e. The predicted molar refractivity (Wildman–Crippen MR) is 140 cm³/mol. The highest BCUT2D eigenvalue weighted by molar-refractivity contribution is 7.22. The molecule has 5 aromatic rings. The molecule has 1 aliphatic rings. The van der Waals surface area contributed by atoms with E-state index in [1.165, 1.54) is 22.4 Å². The maximum Gasteiger partial charge on any atom is 0.186 e. The molecule has 1 aliphatic heterocycles. The third-order valence-corrected chi connectivity index (χ3v) is 7.77. The van der Waals surface area contributed by atoms with E-state index in [1.54, 1.807) is 11.3 Å². The van der Waals surface area contributed by atoms with Gasteiger partial charge in [-0.2, -0.15) is 0 Å². The number of piperazine rings is 1. The van der Waals surface area contributed by atoms with Crippen LogP contribution < -0.4 is 4.90 Å². The summed E-state index contributed by atoms with van der Waals surface area (Å²) in [5, 5.41) is 13.8. The van der Waals surface area contributed by atoms with Gasteiger partial charge in [-0.15, -0.1) is 5.10 Å². The van der Waals surface area contributed by atoms with Crippen LogP contribution in [0, 0.1) is 5.82 Å². The Morgan fingerprint density at radius 2 is 1.61 bits per heavy atom. The third-order valence-electron chi connectivity index (χ3n) is 6.68. The average Bonchev–Trinajstić information content (AvgIpc) is 3.57. The number of benzene rings is 3. The maximum atomic E-state index is 13.8. The Bertz CT molecular complexity index is 1390. The van der Waals surface area contributed by atoms with Crippen LogP contribution in [-0.2, 0) is 13.0 Å². The summed E-state index contributed by atoms with van der Waals surface area (Å²) in [4.78, 5) is 9.58. The Labute approximate surface area is 212 Å². The van der Waals surface area contributed by atoms with Gasteiger partial charge in [0, 0.05) is 32.7 Å². The van der Waals surface area contributed by atoms with Gasteiger partial charge in [-0.1, -0.05) is 65.9 Å². The van der Waals surface area contributed by atoms with Crippen molar-refractivity contribution in [1.82, 2.24) is 30.1 Å². The summed E-state index contributed by atoms with van der Waals surface area (Å²) in [6.45, 7) is 4.02.